The van der Waals surface area contributed by atoms with E-state index >= 15 is 0 Å². The summed E-state index contributed by atoms with van der Waals surface area (Å²) in [6.45, 7) is 0.860. The van der Waals surface area contributed by atoms with E-state index in [0.29, 0.717) is 6.61 Å². The summed E-state index contributed by atoms with van der Waals surface area (Å²) in [6.07, 6.45) is 1.61. The van der Waals surface area contributed by atoms with Crippen molar-refractivity contribution in [1.82, 2.24) is 9.29 Å². The number of sulfonamides is 1. The Morgan fingerprint density at radius 1 is 1.68 bits per heavy atom. The first-order chi connectivity index (χ1) is 8.93. The Morgan fingerprint density at radius 3 is 3.00 bits per heavy atom. The Kier molecular flexibility index (Phi) is 4.19. The summed E-state index contributed by atoms with van der Waals surface area (Å²) in [5, 5.41) is 8.92. The summed E-state index contributed by atoms with van der Waals surface area (Å²) < 4.78 is 30.8. The first-order valence-corrected chi connectivity index (χ1v) is 7.99. The van der Waals surface area contributed by atoms with Crippen molar-refractivity contribution < 1.29 is 23.1 Å². The summed E-state index contributed by atoms with van der Waals surface area (Å²) in [7, 11) is -2.41. The van der Waals surface area contributed by atoms with Crippen LogP contribution < -0.4 is 0 Å². The number of ether oxygens (including phenoxy) is 1. The second-order valence-corrected chi connectivity index (χ2v) is 7.31. The summed E-state index contributed by atoms with van der Waals surface area (Å²) in [5.74, 6) is -1.34. The molecule has 1 aromatic rings. The van der Waals surface area contributed by atoms with E-state index in [0.717, 1.165) is 28.5 Å². The van der Waals surface area contributed by atoms with Crippen molar-refractivity contribution in [2.45, 2.75) is 23.2 Å². The van der Waals surface area contributed by atoms with Gasteiger partial charge in [-0.1, -0.05) is 0 Å². The molecule has 106 valence electrons. The molecule has 0 radical (unpaired) electrons. The highest BCUT2D eigenvalue weighted by atomic mass is 32.2. The first kappa shape index (κ1) is 14.4. The zero-order valence-electron chi connectivity index (χ0n) is 10.3. The van der Waals surface area contributed by atoms with Crippen LogP contribution in [0.4, 0.5) is 0 Å². The molecule has 0 aromatic carbocycles. The Hall–Kier alpha value is -1.03. The van der Waals surface area contributed by atoms with Crippen molar-refractivity contribution in [2.24, 2.45) is 0 Å². The average molecular weight is 306 g/mol. The van der Waals surface area contributed by atoms with Crippen LogP contribution >= 0.6 is 11.3 Å². The Labute approximate surface area is 114 Å². The van der Waals surface area contributed by atoms with E-state index in [1.165, 1.54) is 12.6 Å². The molecule has 1 saturated heterocycles. The second-order valence-electron chi connectivity index (χ2n) is 4.21. The van der Waals surface area contributed by atoms with Gasteiger partial charge in [-0.2, -0.15) is 4.31 Å². The average Bonchev–Trinajstić information content (AvgIpc) is 2.98. The molecular formula is C10H14N2O5S2. The van der Waals surface area contributed by atoms with E-state index in [1.807, 2.05) is 0 Å². The maximum atomic E-state index is 12.3. The lowest BCUT2D eigenvalue weighted by Crippen LogP contribution is -2.34. The fourth-order valence-corrected chi connectivity index (χ4v) is 4.41. The van der Waals surface area contributed by atoms with Crippen molar-refractivity contribution in [2.75, 3.05) is 20.2 Å². The smallest absolute Gasteiger partial charge is 0.356 e. The molecule has 0 amide bonds. The monoisotopic (exact) mass is 306 g/mol. The molecular weight excluding hydrogens is 292 g/mol. The number of aromatic nitrogens is 1. The van der Waals surface area contributed by atoms with Crippen molar-refractivity contribution in [3.63, 3.8) is 0 Å². The van der Waals surface area contributed by atoms with Gasteiger partial charge in [-0.25, -0.2) is 18.2 Å². The molecule has 1 aromatic heterocycles. The Morgan fingerprint density at radius 2 is 2.42 bits per heavy atom. The zero-order valence-corrected chi connectivity index (χ0v) is 11.9. The van der Waals surface area contributed by atoms with Crippen molar-refractivity contribution in [3.8, 4) is 0 Å². The molecule has 0 bridgehead atoms. The van der Waals surface area contributed by atoms with E-state index in [4.69, 9.17) is 9.84 Å². The number of hydrogen-bond acceptors (Lipinski definition) is 6. The number of carboxylic acids is 1. The lowest BCUT2D eigenvalue weighted by atomic mass is 10.2. The number of hydrogen-bond donors (Lipinski definition) is 1. The van der Waals surface area contributed by atoms with Crippen LogP contribution in [0.3, 0.4) is 0 Å². The minimum absolute atomic E-state index is 0.124. The van der Waals surface area contributed by atoms with Gasteiger partial charge in [-0.05, 0) is 12.8 Å². The van der Waals surface area contributed by atoms with E-state index in [9.17, 15) is 13.2 Å². The van der Waals surface area contributed by atoms with Crippen molar-refractivity contribution in [3.05, 3.63) is 11.2 Å². The second kappa shape index (κ2) is 5.53. The molecule has 1 atom stereocenters. The van der Waals surface area contributed by atoms with Gasteiger partial charge >= 0.3 is 5.97 Å². The molecule has 0 saturated carbocycles. The van der Waals surface area contributed by atoms with Crippen LogP contribution in [0, 0.1) is 0 Å². The van der Waals surface area contributed by atoms with Crippen molar-refractivity contribution >= 4 is 27.3 Å². The van der Waals surface area contributed by atoms with Crippen LogP contribution in [0.5, 0.6) is 0 Å². The number of carboxylic acid groups (broad SMARTS) is 1. The number of likely N-dealkylation sites (N-methyl/N-ethyl adjacent to an activating group) is 1. The fraction of sp³-hybridized carbons (Fsp3) is 0.600. The lowest BCUT2D eigenvalue weighted by molar-refractivity contribution is 0.0687. The lowest BCUT2D eigenvalue weighted by Gasteiger charge is -2.19. The van der Waals surface area contributed by atoms with Gasteiger partial charge in [0.25, 0.3) is 10.0 Å². The predicted octanol–water partition coefficient (Wildman–Crippen LogP) is 0.641. The van der Waals surface area contributed by atoms with Crippen LogP contribution in [0.2, 0.25) is 0 Å². The van der Waals surface area contributed by atoms with Gasteiger partial charge in [0, 0.05) is 20.2 Å². The molecule has 2 heterocycles. The molecule has 9 heteroatoms. The van der Waals surface area contributed by atoms with E-state index in [2.05, 4.69) is 4.98 Å². The summed E-state index contributed by atoms with van der Waals surface area (Å²) in [6, 6.07) is 0. The summed E-state index contributed by atoms with van der Waals surface area (Å²) in [4.78, 5) is 14.5. The van der Waals surface area contributed by atoms with Gasteiger partial charge < -0.3 is 9.84 Å². The minimum Gasteiger partial charge on any atom is -0.476 e. The van der Waals surface area contributed by atoms with E-state index < -0.39 is 21.7 Å². The zero-order chi connectivity index (χ0) is 14.0. The van der Waals surface area contributed by atoms with Gasteiger partial charge in [-0.3, -0.25) is 0 Å². The number of thiazole rings is 1. The van der Waals surface area contributed by atoms with Crippen LogP contribution in [0.25, 0.3) is 0 Å². The Balaban J connectivity index is 2.20. The number of aromatic carboxylic acids is 1. The highest BCUT2D eigenvalue weighted by molar-refractivity contribution is 7.91. The summed E-state index contributed by atoms with van der Waals surface area (Å²) >= 11 is 0.809. The first-order valence-electron chi connectivity index (χ1n) is 5.67. The standard InChI is InChI=1S/C10H14N2O5S2/c1-12(5-7-3-2-4-17-7)19(15,16)10-8(9(13)14)11-6-18-10/h6-7H,2-5H2,1H3,(H,13,14). The molecule has 1 fully saturated rings. The molecule has 1 unspecified atom stereocenters. The third kappa shape index (κ3) is 2.94. The minimum atomic E-state index is -3.83. The third-order valence-corrected chi connectivity index (χ3v) is 6.04. The highest BCUT2D eigenvalue weighted by Crippen LogP contribution is 2.24. The van der Waals surface area contributed by atoms with Crippen LogP contribution in [0.1, 0.15) is 23.3 Å². The predicted molar refractivity (Wildman–Crippen MR) is 67.9 cm³/mol. The molecule has 7 nitrogen and oxygen atoms in total. The molecule has 1 aliphatic heterocycles. The number of carbonyl (C=O) groups is 1. The molecule has 0 spiro atoms. The van der Waals surface area contributed by atoms with Crippen LogP contribution in [0.15, 0.2) is 9.72 Å². The molecule has 2 rings (SSSR count). The maximum absolute atomic E-state index is 12.3. The maximum Gasteiger partial charge on any atom is 0.356 e. The van der Waals surface area contributed by atoms with Gasteiger partial charge in [0.05, 0.1) is 11.6 Å². The van der Waals surface area contributed by atoms with Gasteiger partial charge in [0.1, 0.15) is 0 Å². The quantitative estimate of drug-likeness (QED) is 0.857. The largest absolute Gasteiger partial charge is 0.476 e. The van der Waals surface area contributed by atoms with E-state index in [-0.39, 0.29) is 16.9 Å². The fourth-order valence-electron chi connectivity index (χ4n) is 1.88. The molecule has 19 heavy (non-hydrogen) atoms. The van der Waals surface area contributed by atoms with Crippen LogP contribution in [-0.2, 0) is 14.8 Å². The van der Waals surface area contributed by atoms with Gasteiger partial charge in [-0.15, -0.1) is 11.3 Å². The normalized spacial score (nSPS) is 20.0. The molecule has 1 aliphatic rings. The molecule has 0 aliphatic carbocycles. The summed E-state index contributed by atoms with van der Waals surface area (Å²) in [5.41, 5.74) is 0.792. The highest BCUT2D eigenvalue weighted by Gasteiger charge is 2.31. The van der Waals surface area contributed by atoms with Crippen molar-refractivity contribution in [1.29, 1.82) is 0 Å². The van der Waals surface area contributed by atoms with Gasteiger partial charge in [0.2, 0.25) is 0 Å². The van der Waals surface area contributed by atoms with Gasteiger partial charge in [0.15, 0.2) is 9.90 Å². The SMILES string of the molecule is CN(CC1CCCO1)S(=O)(=O)c1scnc1C(=O)O. The topological polar surface area (TPSA) is 96.8 Å². The number of rotatable bonds is 5. The van der Waals surface area contributed by atoms with E-state index in [1.54, 1.807) is 0 Å². The third-order valence-electron chi connectivity index (χ3n) is 2.87. The Bertz CT molecular complexity index is 562. The van der Waals surface area contributed by atoms with Crippen LogP contribution in [-0.4, -0.2) is 55.1 Å². The number of nitrogens with zero attached hydrogens (tertiary/aromatic N) is 2. The molecule has 1 N–H and O–H groups in total.